The number of ether oxygens (including phenoxy) is 1. The Morgan fingerprint density at radius 1 is 1.00 bits per heavy atom. The molecule has 0 aliphatic rings. The van der Waals surface area contributed by atoms with Crippen LogP contribution in [0.1, 0.15) is 5.56 Å². The summed E-state index contributed by atoms with van der Waals surface area (Å²) in [6.07, 6.45) is -4.71. The lowest BCUT2D eigenvalue weighted by Gasteiger charge is -2.20. The quantitative estimate of drug-likeness (QED) is 0.335. The molecule has 198 valence electrons. The summed E-state index contributed by atoms with van der Waals surface area (Å²) in [4.78, 5) is 65.5. The number of ketones is 1. The van der Waals surface area contributed by atoms with E-state index in [1.165, 1.54) is 12.1 Å². The number of amides is 2. The number of aromatic nitrogens is 2. The number of hydrogen-bond donors (Lipinski definition) is 2. The molecular formula is C25H21F3N4O6. The molecule has 1 heterocycles. The van der Waals surface area contributed by atoms with Gasteiger partial charge >= 0.3 is 18.1 Å². The molecule has 0 radical (unpaired) electrons. The monoisotopic (exact) mass is 530 g/mol. The van der Waals surface area contributed by atoms with Crippen molar-refractivity contribution in [3.05, 3.63) is 82.8 Å². The first kappa shape index (κ1) is 27.8. The number of nitrogens with one attached hydrogen (secondary N) is 2. The van der Waals surface area contributed by atoms with Gasteiger partial charge in [0.15, 0.2) is 0 Å². The zero-order valence-electron chi connectivity index (χ0n) is 19.8. The van der Waals surface area contributed by atoms with Crippen molar-refractivity contribution in [3.8, 4) is 11.4 Å². The third kappa shape index (κ3) is 6.90. The van der Waals surface area contributed by atoms with Crippen molar-refractivity contribution in [3.63, 3.8) is 0 Å². The van der Waals surface area contributed by atoms with Gasteiger partial charge in [0.25, 0.3) is 11.3 Å². The Labute approximate surface area is 213 Å². The van der Waals surface area contributed by atoms with Crippen LogP contribution in [0.25, 0.3) is 11.4 Å². The molecule has 0 aliphatic carbocycles. The average molecular weight is 530 g/mol. The van der Waals surface area contributed by atoms with E-state index < -0.39 is 60.0 Å². The fraction of sp³-hybridized carbons (Fsp3) is 0.200. The number of nitrogens with zero attached hydrogens (tertiary/aromatic N) is 2. The summed E-state index contributed by atoms with van der Waals surface area (Å²) < 4.78 is 44.8. The molecule has 0 spiro atoms. The van der Waals surface area contributed by atoms with Gasteiger partial charge < -0.3 is 15.4 Å². The number of methoxy groups -OCH3 is 1. The number of carbonyl (C=O) groups excluding carboxylic acids is 4. The molecule has 1 unspecified atom stereocenters. The topological polar surface area (TPSA) is 136 Å². The van der Waals surface area contributed by atoms with E-state index in [0.717, 1.165) is 17.9 Å². The average Bonchev–Trinajstić information content (AvgIpc) is 2.90. The Morgan fingerprint density at radius 3 is 2.18 bits per heavy atom. The molecule has 2 N–H and O–H groups in total. The van der Waals surface area contributed by atoms with Crippen LogP contribution >= 0.6 is 0 Å². The number of benzene rings is 2. The van der Waals surface area contributed by atoms with Gasteiger partial charge in [-0.25, -0.2) is 9.78 Å². The van der Waals surface area contributed by atoms with E-state index in [1.54, 1.807) is 48.5 Å². The molecule has 0 bridgehead atoms. The zero-order valence-corrected chi connectivity index (χ0v) is 19.8. The highest BCUT2D eigenvalue weighted by atomic mass is 19.4. The first-order chi connectivity index (χ1) is 18.0. The number of carbonyl (C=O) groups is 4. The lowest BCUT2D eigenvalue weighted by atomic mass is 10.0. The summed E-state index contributed by atoms with van der Waals surface area (Å²) in [7, 11) is 0.954. The molecule has 0 saturated heterocycles. The highest BCUT2D eigenvalue weighted by molar-refractivity contribution is 6.37. The van der Waals surface area contributed by atoms with Gasteiger partial charge in [0, 0.05) is 12.0 Å². The second-order valence-electron chi connectivity index (χ2n) is 7.87. The van der Waals surface area contributed by atoms with Crippen molar-refractivity contribution in [2.75, 3.05) is 12.4 Å². The van der Waals surface area contributed by atoms with Gasteiger partial charge in [0.2, 0.25) is 5.91 Å². The lowest BCUT2D eigenvalue weighted by Crippen LogP contribution is -2.49. The highest BCUT2D eigenvalue weighted by Crippen LogP contribution is 2.20. The smallest absolute Gasteiger partial charge is 0.452 e. The molecule has 1 aromatic heterocycles. The Hall–Kier alpha value is -4.81. The summed E-state index contributed by atoms with van der Waals surface area (Å²) in [5.41, 5.74) is -0.727. The number of rotatable bonds is 8. The molecule has 3 aromatic rings. The molecule has 0 fully saturated rings. The Morgan fingerprint density at radius 2 is 1.61 bits per heavy atom. The van der Waals surface area contributed by atoms with Crippen molar-refractivity contribution in [1.82, 2.24) is 14.9 Å². The molecule has 13 heteroatoms. The van der Waals surface area contributed by atoms with Crippen LogP contribution in [0.15, 0.2) is 71.7 Å². The minimum Gasteiger partial charge on any atom is -0.462 e. The van der Waals surface area contributed by atoms with E-state index in [0.29, 0.717) is 11.1 Å². The van der Waals surface area contributed by atoms with Crippen LogP contribution in [0.3, 0.4) is 0 Å². The highest BCUT2D eigenvalue weighted by Gasteiger charge is 2.44. The van der Waals surface area contributed by atoms with Gasteiger partial charge in [-0.2, -0.15) is 13.2 Å². The fourth-order valence-electron chi connectivity index (χ4n) is 3.45. The summed E-state index contributed by atoms with van der Waals surface area (Å²) in [5, 5.41) is 4.08. The Bertz CT molecular complexity index is 1390. The summed E-state index contributed by atoms with van der Waals surface area (Å²) in [5.74, 6) is -5.89. The number of Topliss-reactive ketones (excluding diaryl/α,β-unsaturated/α-hetero) is 1. The van der Waals surface area contributed by atoms with Gasteiger partial charge in [-0.1, -0.05) is 60.7 Å². The Balaban J connectivity index is 1.96. The van der Waals surface area contributed by atoms with Gasteiger partial charge in [-0.15, -0.1) is 0 Å². The lowest BCUT2D eigenvalue weighted by molar-refractivity contribution is -0.173. The van der Waals surface area contributed by atoms with Gasteiger partial charge in [-0.05, 0) is 5.56 Å². The van der Waals surface area contributed by atoms with Gasteiger partial charge in [-0.3, -0.25) is 23.7 Å². The second kappa shape index (κ2) is 12.0. The molecule has 0 aliphatic heterocycles. The molecular weight excluding hydrogens is 509 g/mol. The second-order valence-corrected chi connectivity index (χ2v) is 7.87. The van der Waals surface area contributed by atoms with E-state index in [4.69, 9.17) is 0 Å². The molecule has 10 nitrogen and oxygen atoms in total. The van der Waals surface area contributed by atoms with Crippen molar-refractivity contribution in [1.29, 1.82) is 0 Å². The normalized spacial score (nSPS) is 11.8. The first-order valence-electron chi connectivity index (χ1n) is 11.0. The van der Waals surface area contributed by atoms with Gasteiger partial charge in [0.05, 0.1) is 13.3 Å². The standard InChI is InChI=1S/C25H21F3N4O6/c1-38-24(37)22(35)31-18-13-29-21(16-10-6-3-7-11-16)32(23(18)36)14-19(33)30-17(20(34)25(26,27)28)12-15-8-4-2-5-9-15/h2-11,13,17H,12,14H2,1H3,(H,30,33)(H,31,35). The molecule has 38 heavy (non-hydrogen) atoms. The predicted octanol–water partition coefficient (Wildman–Crippen LogP) is 1.88. The number of alkyl halides is 3. The van der Waals surface area contributed by atoms with E-state index in [9.17, 15) is 37.1 Å². The number of anilines is 1. The van der Waals surface area contributed by atoms with E-state index >= 15 is 0 Å². The van der Waals surface area contributed by atoms with E-state index in [1.807, 2.05) is 5.32 Å². The molecule has 3 rings (SSSR count). The first-order valence-corrected chi connectivity index (χ1v) is 11.0. The molecule has 2 aromatic carbocycles. The predicted molar refractivity (Wildman–Crippen MR) is 128 cm³/mol. The van der Waals surface area contributed by atoms with Gasteiger partial charge in [0.1, 0.15) is 24.1 Å². The SMILES string of the molecule is COC(=O)C(=O)Nc1cnc(-c2ccccc2)n(CC(=O)NC(Cc2ccccc2)C(=O)C(F)(F)F)c1=O. The number of hydrogen-bond acceptors (Lipinski definition) is 7. The van der Waals surface area contributed by atoms with Crippen LogP contribution < -0.4 is 16.2 Å². The summed E-state index contributed by atoms with van der Waals surface area (Å²) >= 11 is 0. The Kier molecular flexibility index (Phi) is 8.73. The third-order valence-corrected chi connectivity index (χ3v) is 5.21. The minimum absolute atomic E-state index is 0.0522. The molecule has 0 saturated carbocycles. The van der Waals surface area contributed by atoms with Crippen LogP contribution in [0.5, 0.6) is 0 Å². The summed E-state index contributed by atoms with van der Waals surface area (Å²) in [6, 6.07) is 13.9. The maximum Gasteiger partial charge on any atom is 0.452 e. The van der Waals surface area contributed by atoms with Crippen molar-refractivity contribution < 1.29 is 37.1 Å². The zero-order chi connectivity index (χ0) is 27.9. The van der Waals surface area contributed by atoms with Crippen molar-refractivity contribution in [2.45, 2.75) is 25.2 Å². The van der Waals surface area contributed by atoms with Crippen LogP contribution in [0.4, 0.5) is 18.9 Å². The van der Waals surface area contributed by atoms with Crippen LogP contribution in [0.2, 0.25) is 0 Å². The molecule has 2 amide bonds. The largest absolute Gasteiger partial charge is 0.462 e. The fourth-order valence-corrected chi connectivity index (χ4v) is 3.45. The summed E-state index contributed by atoms with van der Waals surface area (Å²) in [6.45, 7) is -0.853. The molecule has 1 atom stereocenters. The number of esters is 1. The van der Waals surface area contributed by atoms with E-state index in [2.05, 4.69) is 15.0 Å². The van der Waals surface area contributed by atoms with E-state index in [-0.39, 0.29) is 5.82 Å². The maximum absolute atomic E-state index is 13.3. The third-order valence-electron chi connectivity index (χ3n) is 5.21. The van der Waals surface area contributed by atoms with Crippen LogP contribution in [-0.2, 0) is 36.9 Å². The van der Waals surface area contributed by atoms with Crippen LogP contribution in [0, 0.1) is 0 Å². The van der Waals surface area contributed by atoms with Crippen molar-refractivity contribution >= 4 is 29.3 Å². The number of halogens is 3. The minimum atomic E-state index is -5.22. The van der Waals surface area contributed by atoms with Crippen LogP contribution in [-0.4, -0.2) is 52.4 Å². The maximum atomic E-state index is 13.3. The van der Waals surface area contributed by atoms with Crippen molar-refractivity contribution in [2.24, 2.45) is 0 Å².